The van der Waals surface area contributed by atoms with E-state index < -0.39 is 56.7 Å². The first-order valence-corrected chi connectivity index (χ1v) is 40.8. The molecule has 0 spiro atoms. The third kappa shape index (κ3) is 34.4. The zero-order valence-corrected chi connectivity index (χ0v) is 61.9. The van der Waals surface area contributed by atoms with E-state index in [4.69, 9.17) is 42.0 Å². The standard InChI is InChI=1S/C86H127O12P/c1-3-5-7-9-11-13-15-17-19-21-23-25-27-29-46-60-78(87)64-77(79(88)61-47-30-28-26-24-22-20-18-16-14-12-10-8-6-4-2)70-95-99(89,94-69-76-58-44-35-45-59-76)98-81-63-49-48-62-80(81)96-86-85(93-68-75-56-42-34-43-57-75)84(92-67-74-54-40-33-41-55-74)83(91-66-73-52-38-32-39-53-73)82(97-86)71-90-65-72-50-36-31-37-51-72/h31-45,50-59,77,80-86H,3-30,46-49,60-71H2,1-2H3/t77-,80-,81-,82?,83?,84?,85?,86?,99?/m1/s1. The third-order valence-electron chi connectivity index (χ3n) is 19.7. The molecule has 5 aromatic carbocycles. The Morgan fingerprint density at radius 2 is 0.778 bits per heavy atom. The van der Waals surface area contributed by atoms with Gasteiger partial charge in [-0.3, -0.25) is 23.2 Å². The van der Waals surface area contributed by atoms with E-state index in [0.717, 1.165) is 85.6 Å². The van der Waals surface area contributed by atoms with Crippen molar-refractivity contribution in [1.29, 1.82) is 0 Å². The first-order valence-electron chi connectivity index (χ1n) is 39.3. The molecule has 548 valence electrons. The molecular formula is C86H127O12P. The molecule has 5 aromatic rings. The number of ether oxygens (including phenoxy) is 6. The fourth-order valence-electron chi connectivity index (χ4n) is 13.8. The second kappa shape index (κ2) is 51.5. The minimum atomic E-state index is -4.51. The summed E-state index contributed by atoms with van der Waals surface area (Å²) in [5.74, 6) is -0.819. The van der Waals surface area contributed by atoms with E-state index in [9.17, 15) is 9.59 Å². The van der Waals surface area contributed by atoms with Crippen LogP contribution in [0.15, 0.2) is 152 Å². The Morgan fingerprint density at radius 3 is 1.21 bits per heavy atom. The molecule has 1 aliphatic carbocycles. The van der Waals surface area contributed by atoms with Gasteiger partial charge in [0.1, 0.15) is 36.0 Å². The number of phosphoric acid groups is 1. The molecule has 2 fully saturated rings. The normalized spacial score (nSPS) is 19.6. The number of rotatable bonds is 58. The smallest absolute Gasteiger partial charge is 0.374 e. The van der Waals surface area contributed by atoms with E-state index in [1.165, 1.54) is 148 Å². The van der Waals surface area contributed by atoms with Crippen LogP contribution in [0.3, 0.4) is 0 Å². The molecule has 0 radical (unpaired) electrons. The van der Waals surface area contributed by atoms with Crippen molar-refractivity contribution in [1.82, 2.24) is 0 Å². The van der Waals surface area contributed by atoms with E-state index in [1.54, 1.807) is 0 Å². The van der Waals surface area contributed by atoms with E-state index in [0.29, 0.717) is 32.3 Å². The van der Waals surface area contributed by atoms with Crippen LogP contribution in [0.25, 0.3) is 0 Å². The van der Waals surface area contributed by atoms with E-state index in [1.807, 2.05) is 152 Å². The SMILES string of the molecule is CCCCCCCCCCCCCCCCCC(=O)C[C@H](COP(=O)(OCc1ccccc1)O[C@@H]1CCCC[C@H]1OC1OC(COCc2ccccc2)C(OCc2ccccc2)C(OCc2ccccc2)C1OCc1ccccc1)C(=O)CCCCCCCCCCCCCCCCC. The van der Waals surface area contributed by atoms with Gasteiger partial charge in [0.15, 0.2) is 6.29 Å². The predicted octanol–water partition coefficient (Wildman–Crippen LogP) is 23.0. The molecule has 99 heavy (non-hydrogen) atoms. The predicted molar refractivity (Wildman–Crippen MR) is 400 cm³/mol. The highest BCUT2D eigenvalue weighted by atomic mass is 31.2. The first-order chi connectivity index (χ1) is 48.8. The summed E-state index contributed by atoms with van der Waals surface area (Å²) >= 11 is 0. The molecule has 1 saturated heterocycles. The van der Waals surface area contributed by atoms with Crippen molar-refractivity contribution >= 4 is 19.4 Å². The van der Waals surface area contributed by atoms with Crippen molar-refractivity contribution in [2.75, 3.05) is 13.2 Å². The van der Waals surface area contributed by atoms with Crippen LogP contribution >= 0.6 is 7.82 Å². The van der Waals surface area contributed by atoms with Crippen LogP contribution in [0.1, 0.15) is 279 Å². The summed E-state index contributed by atoms with van der Waals surface area (Å²) in [4.78, 5) is 28.6. The molecule has 0 amide bonds. The second-order valence-electron chi connectivity index (χ2n) is 28.2. The van der Waals surface area contributed by atoms with Gasteiger partial charge in [-0.15, -0.1) is 0 Å². The number of ketones is 2. The monoisotopic (exact) mass is 1380 g/mol. The maximum Gasteiger partial charge on any atom is 0.475 e. The van der Waals surface area contributed by atoms with Gasteiger partial charge in [-0.1, -0.05) is 358 Å². The number of unbranched alkanes of at least 4 members (excludes halogenated alkanes) is 28. The lowest BCUT2D eigenvalue weighted by Crippen LogP contribution is -2.62. The molecule has 6 unspecified atom stereocenters. The zero-order chi connectivity index (χ0) is 69.3. The van der Waals surface area contributed by atoms with Gasteiger partial charge >= 0.3 is 7.82 Å². The summed E-state index contributed by atoms with van der Waals surface area (Å²) in [6.45, 7) is 5.46. The average molecular weight is 1380 g/mol. The van der Waals surface area contributed by atoms with Crippen LogP contribution in [-0.4, -0.2) is 67.7 Å². The maximum atomic E-state index is 15.7. The Balaban J connectivity index is 1.05. The molecule has 1 heterocycles. The Labute approximate surface area is 598 Å². The van der Waals surface area contributed by atoms with Crippen LogP contribution in [0.5, 0.6) is 0 Å². The fourth-order valence-corrected chi connectivity index (χ4v) is 15.2. The highest BCUT2D eigenvalue weighted by Crippen LogP contribution is 2.54. The van der Waals surface area contributed by atoms with E-state index in [2.05, 4.69) is 13.8 Å². The Bertz CT molecular complexity index is 2830. The Hall–Kier alpha value is -4.69. The fraction of sp³-hybridized carbons (Fsp3) is 0.628. The van der Waals surface area contributed by atoms with Gasteiger partial charge in [0.05, 0.1) is 58.5 Å². The third-order valence-corrected chi connectivity index (χ3v) is 21.2. The first kappa shape index (κ1) is 81.6. The van der Waals surface area contributed by atoms with Crippen molar-refractivity contribution in [2.45, 2.75) is 327 Å². The molecule has 12 nitrogen and oxygen atoms in total. The summed E-state index contributed by atoms with van der Waals surface area (Å²) in [5.41, 5.74) is 4.72. The van der Waals surface area contributed by atoms with Crippen LogP contribution in [0.4, 0.5) is 0 Å². The van der Waals surface area contributed by atoms with Gasteiger partial charge in [-0.25, -0.2) is 4.57 Å². The van der Waals surface area contributed by atoms with Gasteiger partial charge < -0.3 is 28.4 Å². The lowest BCUT2D eigenvalue weighted by molar-refractivity contribution is -0.341. The number of hydrogen-bond acceptors (Lipinski definition) is 12. The molecule has 0 N–H and O–H groups in total. The van der Waals surface area contributed by atoms with Crippen LogP contribution in [0, 0.1) is 5.92 Å². The average Bonchev–Trinajstić information content (AvgIpc) is 0.785. The number of carbonyl (C=O) groups is 2. The van der Waals surface area contributed by atoms with Gasteiger partial charge in [0, 0.05) is 25.2 Å². The lowest BCUT2D eigenvalue weighted by Gasteiger charge is -2.47. The summed E-state index contributed by atoms with van der Waals surface area (Å²) in [6.07, 6.45) is 35.0. The van der Waals surface area contributed by atoms with Gasteiger partial charge in [0.25, 0.3) is 0 Å². The molecular weight excluding hydrogens is 1260 g/mol. The van der Waals surface area contributed by atoms with Gasteiger partial charge in [-0.2, -0.15) is 0 Å². The van der Waals surface area contributed by atoms with Crippen molar-refractivity contribution in [3.63, 3.8) is 0 Å². The Kier molecular flexibility index (Phi) is 42.4. The number of benzene rings is 5. The maximum absolute atomic E-state index is 15.7. The van der Waals surface area contributed by atoms with Crippen molar-refractivity contribution in [3.8, 4) is 0 Å². The van der Waals surface area contributed by atoms with Gasteiger partial charge in [-0.05, 0) is 53.5 Å². The minimum absolute atomic E-state index is 0.0210. The summed E-state index contributed by atoms with van der Waals surface area (Å²) in [7, 11) is -4.51. The number of hydrogen-bond donors (Lipinski definition) is 0. The zero-order valence-electron chi connectivity index (χ0n) is 61.0. The molecule has 1 saturated carbocycles. The molecule has 1 aliphatic heterocycles. The van der Waals surface area contributed by atoms with Crippen molar-refractivity contribution in [2.24, 2.45) is 5.92 Å². The molecule has 0 aromatic heterocycles. The second-order valence-corrected chi connectivity index (χ2v) is 29.9. The summed E-state index contributed by atoms with van der Waals surface area (Å²) in [5, 5.41) is 0. The topological polar surface area (TPSA) is 134 Å². The van der Waals surface area contributed by atoms with E-state index >= 15 is 4.57 Å². The molecule has 7 rings (SSSR count). The van der Waals surface area contributed by atoms with Crippen LogP contribution < -0.4 is 0 Å². The lowest BCUT2D eigenvalue weighted by atomic mass is 9.92. The Morgan fingerprint density at radius 1 is 0.414 bits per heavy atom. The molecule has 9 atom stereocenters. The molecule has 2 aliphatic rings. The summed E-state index contributed by atoms with van der Waals surface area (Å²) in [6, 6.07) is 49.7. The van der Waals surface area contributed by atoms with Crippen LogP contribution in [0.2, 0.25) is 0 Å². The van der Waals surface area contributed by atoms with Crippen LogP contribution in [-0.2, 0) is 89.2 Å². The largest absolute Gasteiger partial charge is 0.475 e. The molecule has 13 heteroatoms. The summed E-state index contributed by atoms with van der Waals surface area (Å²) < 4.78 is 77.4. The van der Waals surface area contributed by atoms with Gasteiger partial charge in [0.2, 0.25) is 0 Å². The number of phosphoric ester groups is 1. The van der Waals surface area contributed by atoms with E-state index in [-0.39, 0.29) is 57.6 Å². The number of Topliss-reactive ketones (excluding diaryl/α,β-unsaturated/α-hetero) is 2. The van der Waals surface area contributed by atoms with Crippen molar-refractivity contribution in [3.05, 3.63) is 179 Å². The highest BCUT2D eigenvalue weighted by Gasteiger charge is 2.51. The van der Waals surface area contributed by atoms with Crippen molar-refractivity contribution < 1.29 is 56.1 Å². The minimum Gasteiger partial charge on any atom is -0.374 e. The number of carbonyl (C=O) groups excluding carboxylic acids is 2. The highest BCUT2D eigenvalue weighted by molar-refractivity contribution is 7.48. The molecule has 0 bridgehead atoms. The quantitative estimate of drug-likeness (QED) is 0.0271.